The van der Waals surface area contributed by atoms with Gasteiger partial charge in [0.2, 0.25) is 11.7 Å². The van der Waals surface area contributed by atoms with Gasteiger partial charge in [0.25, 0.3) is 0 Å². The number of nitriles is 1. The molecule has 179 valence electrons. The second-order valence-corrected chi connectivity index (χ2v) is 6.43. The van der Waals surface area contributed by atoms with E-state index in [0.29, 0.717) is 12.1 Å². The number of aromatic hydroxyl groups is 1. The Bertz CT molecular complexity index is 1330. The first-order chi connectivity index (χ1) is 15.2. The Morgan fingerprint density at radius 2 is 1.47 bits per heavy atom. The van der Waals surface area contributed by atoms with Gasteiger partial charge in [-0.25, -0.2) is 26.3 Å². The molecule has 0 bridgehead atoms. The number of carbonyl (C=O) groups excluding carboxylic acids is 1. The molecule has 15 heteroatoms. The van der Waals surface area contributed by atoms with E-state index >= 15 is 0 Å². The predicted octanol–water partition coefficient (Wildman–Crippen LogP) is 4.84. The second-order valence-electron chi connectivity index (χ2n) is 6.43. The number of benzene rings is 2. The quantitative estimate of drug-likeness (QED) is 0.226. The summed E-state index contributed by atoms with van der Waals surface area (Å²) in [4.78, 5) is 12.6. The number of rotatable bonds is 3. The largest absolute Gasteiger partial charge is 0.493 e. The molecule has 3 rings (SSSR count). The van der Waals surface area contributed by atoms with Gasteiger partial charge in [0.05, 0.1) is 5.69 Å². The summed E-state index contributed by atoms with van der Waals surface area (Å²) in [6.07, 6.45) is -5.82. The molecule has 5 nitrogen and oxygen atoms in total. The third-order valence-electron chi connectivity index (χ3n) is 4.41. The minimum atomic E-state index is -5.82. The van der Waals surface area contributed by atoms with E-state index in [1.165, 1.54) is 6.07 Å². The maximum atomic E-state index is 14.3. The summed E-state index contributed by atoms with van der Waals surface area (Å²) in [5.74, 6) is -16.7. The van der Waals surface area contributed by atoms with Crippen molar-refractivity contribution in [1.82, 2.24) is 9.78 Å². The molecule has 0 atom stereocenters. The fourth-order valence-electron chi connectivity index (χ4n) is 2.95. The first-order valence-corrected chi connectivity index (χ1v) is 8.38. The Morgan fingerprint density at radius 1 is 1.00 bits per heavy atom. The van der Waals surface area contributed by atoms with Crippen molar-refractivity contribution in [2.75, 3.05) is 0 Å². The molecule has 0 spiro atoms. The summed E-state index contributed by atoms with van der Waals surface area (Å²) in [6.45, 7) is 0.937. The summed E-state index contributed by atoms with van der Waals surface area (Å²) in [5.41, 5.74) is -8.16. The van der Waals surface area contributed by atoms with Gasteiger partial charge in [0, 0.05) is 22.6 Å². The van der Waals surface area contributed by atoms with Crippen LogP contribution < -0.4 is 0 Å². The fraction of sp³-hybridized carbons (Fsp3) is 0.105. The van der Waals surface area contributed by atoms with E-state index in [1.54, 1.807) is 0 Å². The average molecular weight is 534 g/mol. The second kappa shape index (κ2) is 9.03. The number of nitrogens with zero attached hydrogens (tertiary/aromatic N) is 3. The number of ketones is 1. The van der Waals surface area contributed by atoms with Gasteiger partial charge >= 0.3 is 6.18 Å². The Morgan fingerprint density at radius 3 is 1.88 bits per heavy atom. The van der Waals surface area contributed by atoms with Crippen LogP contribution in [0.15, 0.2) is 12.1 Å². The summed E-state index contributed by atoms with van der Waals surface area (Å²) >= 11 is 0. The van der Waals surface area contributed by atoms with Crippen molar-refractivity contribution in [3.05, 3.63) is 75.0 Å². The van der Waals surface area contributed by atoms with Gasteiger partial charge in [-0.3, -0.25) is 4.79 Å². The van der Waals surface area contributed by atoms with Gasteiger partial charge in [0.15, 0.2) is 23.3 Å². The minimum Gasteiger partial charge on any atom is -0.493 e. The van der Waals surface area contributed by atoms with Crippen LogP contribution in [-0.2, 0) is 23.2 Å². The molecule has 0 saturated carbocycles. The van der Waals surface area contributed by atoms with Crippen molar-refractivity contribution in [1.29, 1.82) is 5.26 Å². The smallest absolute Gasteiger partial charge is 0.422 e. The van der Waals surface area contributed by atoms with Crippen molar-refractivity contribution in [2.45, 2.75) is 13.1 Å². The van der Waals surface area contributed by atoms with E-state index < -0.39 is 86.4 Å². The number of halogens is 9. The molecule has 0 unspecified atom stereocenters. The molecule has 0 aliphatic rings. The molecule has 1 heterocycles. The van der Waals surface area contributed by atoms with Crippen LogP contribution in [0, 0.1) is 53.2 Å². The maximum absolute atomic E-state index is 14.3. The Kier molecular flexibility index (Phi) is 7.11. The molecule has 1 aromatic heterocycles. The van der Waals surface area contributed by atoms with E-state index in [2.05, 4.69) is 5.10 Å². The maximum Gasteiger partial charge on any atom is 0.422 e. The number of hydrogen-bond acceptors (Lipinski definition) is 4. The molecular formula is C19H6F9MnN3O2. The molecular weight excluding hydrogens is 528 g/mol. The van der Waals surface area contributed by atoms with Crippen molar-refractivity contribution in [3.63, 3.8) is 0 Å². The van der Waals surface area contributed by atoms with Crippen LogP contribution in [0.25, 0.3) is 5.69 Å². The fourth-order valence-corrected chi connectivity index (χ4v) is 2.95. The zero-order valence-corrected chi connectivity index (χ0v) is 17.3. The normalized spacial score (nSPS) is 11.2. The number of aryl methyl sites for hydroxylation is 1. The molecule has 1 N–H and O–H groups in total. The Hall–Kier alpha value is -3.50. The van der Waals surface area contributed by atoms with Crippen LogP contribution in [0.3, 0.4) is 0 Å². The number of aromatic nitrogens is 2. The van der Waals surface area contributed by atoms with Gasteiger partial charge in [-0.15, -0.1) is 0 Å². The van der Waals surface area contributed by atoms with Crippen LogP contribution in [0.5, 0.6) is 5.88 Å². The van der Waals surface area contributed by atoms with E-state index in [-0.39, 0.29) is 21.8 Å². The molecule has 2 aromatic carbocycles. The van der Waals surface area contributed by atoms with Crippen LogP contribution in [0.2, 0.25) is 0 Å². The van der Waals surface area contributed by atoms with Gasteiger partial charge < -0.3 is 5.11 Å². The summed E-state index contributed by atoms with van der Waals surface area (Å²) < 4.78 is 122. The first-order valence-electron chi connectivity index (χ1n) is 8.38. The van der Waals surface area contributed by atoms with E-state index in [0.717, 1.165) is 6.92 Å². The molecule has 0 aliphatic carbocycles. The van der Waals surface area contributed by atoms with E-state index in [1.807, 2.05) is 0 Å². The van der Waals surface area contributed by atoms with Gasteiger partial charge in [-0.05, 0) is 19.1 Å². The monoisotopic (exact) mass is 534 g/mol. The molecule has 0 aliphatic heterocycles. The van der Waals surface area contributed by atoms with Crippen molar-refractivity contribution in [2.24, 2.45) is 0 Å². The number of alkyl halides is 3. The van der Waals surface area contributed by atoms with Crippen molar-refractivity contribution >= 4 is 5.78 Å². The Balaban J connectivity index is 0.00000408. The topological polar surface area (TPSA) is 78.9 Å². The number of carbonyl (C=O) groups is 1. The summed E-state index contributed by atoms with van der Waals surface area (Å²) in [6, 6.07) is 2.00. The number of hydrogen-bond donors (Lipinski definition) is 1. The van der Waals surface area contributed by atoms with Crippen molar-refractivity contribution < 1.29 is 66.5 Å². The molecule has 34 heavy (non-hydrogen) atoms. The third-order valence-corrected chi connectivity index (χ3v) is 4.41. The Labute approximate surface area is 193 Å². The minimum absolute atomic E-state index is 0. The summed E-state index contributed by atoms with van der Waals surface area (Å²) in [5, 5.41) is 22.2. The van der Waals surface area contributed by atoms with Crippen molar-refractivity contribution in [3.8, 4) is 17.6 Å². The SMILES string of the molecule is Cc1nn(-c2c(F)c(F)c(C(F)(F)F)c(F)c2F)c(O)c1C(=O)c1cc(F)c(C#N)c(F)c1.[Mn]. The zero-order valence-electron chi connectivity index (χ0n) is 16.1. The predicted molar refractivity (Wildman–Crippen MR) is 89.3 cm³/mol. The molecule has 0 amide bonds. The van der Waals surface area contributed by atoms with Gasteiger partial charge in [-0.1, -0.05) is 0 Å². The van der Waals surface area contributed by atoms with Crippen LogP contribution in [0.4, 0.5) is 39.5 Å². The standard InChI is InChI=1S/C19H6F9N3O2.Mn/c1-5-10(17(32)6-2-8(20)7(4-29)9(21)3-6)18(33)31(30-5)16-14(24)12(22)11(19(26,27)28)13(23)15(16)25;/h2-3,33H,1H3;. The summed E-state index contributed by atoms with van der Waals surface area (Å²) in [7, 11) is 0. The van der Waals surface area contributed by atoms with Crippen LogP contribution in [-0.4, -0.2) is 20.7 Å². The van der Waals surface area contributed by atoms with E-state index in [9.17, 15) is 49.4 Å². The molecule has 1 radical (unpaired) electrons. The van der Waals surface area contributed by atoms with Gasteiger partial charge in [-0.2, -0.15) is 28.2 Å². The van der Waals surface area contributed by atoms with Crippen LogP contribution >= 0.6 is 0 Å². The molecule has 3 aromatic rings. The molecule has 0 fully saturated rings. The van der Waals surface area contributed by atoms with Crippen LogP contribution in [0.1, 0.15) is 32.7 Å². The van der Waals surface area contributed by atoms with E-state index in [4.69, 9.17) is 5.26 Å². The zero-order chi connectivity index (χ0) is 25.0. The first kappa shape index (κ1) is 26.7. The van der Waals surface area contributed by atoms with Gasteiger partial charge in [0.1, 0.15) is 40.1 Å². The average Bonchev–Trinajstić information content (AvgIpc) is 2.99. The molecule has 0 saturated heterocycles. The third kappa shape index (κ3) is 4.10.